The Balaban J connectivity index is 2.37. The van der Waals surface area contributed by atoms with Crippen molar-refractivity contribution in [1.82, 2.24) is 0 Å². The van der Waals surface area contributed by atoms with E-state index in [1.165, 1.54) is 0 Å². The van der Waals surface area contributed by atoms with Crippen molar-refractivity contribution in [3.63, 3.8) is 0 Å². The van der Waals surface area contributed by atoms with Gasteiger partial charge in [-0.3, -0.25) is 0 Å². The van der Waals surface area contributed by atoms with Crippen LogP contribution >= 0.6 is 0 Å². The SMILES string of the molecule is COc1ccc(CO)cc1C=C(CN)B1OC(C)(C)C(C)(C)O1. The summed E-state index contributed by atoms with van der Waals surface area (Å²) in [5.41, 5.74) is 7.57. The molecule has 1 fully saturated rings. The molecule has 3 N–H and O–H groups in total. The maximum absolute atomic E-state index is 9.33. The predicted molar refractivity (Wildman–Crippen MR) is 92.0 cm³/mol. The molecule has 0 saturated carbocycles. The Morgan fingerprint density at radius 3 is 2.35 bits per heavy atom. The molecule has 0 amide bonds. The molecule has 0 unspecified atom stereocenters. The summed E-state index contributed by atoms with van der Waals surface area (Å²) in [5, 5.41) is 9.33. The van der Waals surface area contributed by atoms with Crippen molar-refractivity contribution in [3.05, 3.63) is 34.8 Å². The highest BCUT2D eigenvalue weighted by Crippen LogP contribution is 2.39. The molecule has 1 aromatic rings. The number of ether oxygens (including phenoxy) is 1. The first-order valence-corrected chi connectivity index (χ1v) is 7.78. The number of methoxy groups -OCH3 is 1. The number of hydrogen-bond acceptors (Lipinski definition) is 5. The second-order valence-corrected chi connectivity index (χ2v) is 6.75. The van der Waals surface area contributed by atoms with E-state index in [9.17, 15) is 5.11 Å². The molecule has 2 rings (SSSR count). The lowest BCUT2D eigenvalue weighted by Crippen LogP contribution is -2.41. The van der Waals surface area contributed by atoms with Gasteiger partial charge in [-0.15, -0.1) is 0 Å². The van der Waals surface area contributed by atoms with Gasteiger partial charge in [0.1, 0.15) is 5.75 Å². The van der Waals surface area contributed by atoms with E-state index in [0.29, 0.717) is 12.3 Å². The van der Waals surface area contributed by atoms with E-state index in [-0.39, 0.29) is 6.61 Å². The minimum Gasteiger partial charge on any atom is -0.496 e. The van der Waals surface area contributed by atoms with Crippen LogP contribution in [0.15, 0.2) is 23.7 Å². The lowest BCUT2D eigenvalue weighted by Gasteiger charge is -2.32. The first-order chi connectivity index (χ1) is 10.7. The minimum atomic E-state index is -0.493. The van der Waals surface area contributed by atoms with Crippen LogP contribution in [0, 0.1) is 0 Å². The maximum atomic E-state index is 9.33. The lowest BCUT2D eigenvalue weighted by molar-refractivity contribution is 0.00578. The van der Waals surface area contributed by atoms with Crippen molar-refractivity contribution < 1.29 is 19.2 Å². The van der Waals surface area contributed by atoms with Gasteiger partial charge in [0, 0.05) is 12.1 Å². The van der Waals surface area contributed by atoms with Crippen LogP contribution < -0.4 is 10.5 Å². The molecule has 0 aliphatic carbocycles. The second kappa shape index (κ2) is 6.65. The van der Waals surface area contributed by atoms with Gasteiger partial charge < -0.3 is 24.9 Å². The summed E-state index contributed by atoms with van der Waals surface area (Å²) in [6.07, 6.45) is 1.92. The summed E-state index contributed by atoms with van der Waals surface area (Å²) in [7, 11) is 1.12. The van der Waals surface area contributed by atoms with Crippen LogP contribution in [0.1, 0.15) is 38.8 Å². The predicted octanol–water partition coefficient (Wildman–Crippen LogP) is 2.16. The largest absolute Gasteiger partial charge is 0.496 e. The normalized spacial score (nSPS) is 20.0. The van der Waals surface area contributed by atoms with Crippen LogP contribution in [0.25, 0.3) is 6.08 Å². The van der Waals surface area contributed by atoms with Crippen molar-refractivity contribution in [3.8, 4) is 5.75 Å². The number of hydrogen-bond donors (Lipinski definition) is 2. The highest BCUT2D eigenvalue weighted by molar-refractivity contribution is 6.55. The molecule has 1 aromatic carbocycles. The monoisotopic (exact) mass is 319 g/mol. The Morgan fingerprint density at radius 2 is 1.87 bits per heavy atom. The Morgan fingerprint density at radius 1 is 1.26 bits per heavy atom. The fourth-order valence-corrected chi connectivity index (χ4v) is 2.41. The zero-order valence-electron chi connectivity index (χ0n) is 14.6. The maximum Gasteiger partial charge on any atom is 0.491 e. The van der Waals surface area contributed by atoms with Crippen LogP contribution in [-0.2, 0) is 15.9 Å². The Labute approximate surface area is 138 Å². The number of nitrogens with two attached hydrogens (primary N) is 1. The van der Waals surface area contributed by atoms with Gasteiger partial charge >= 0.3 is 7.12 Å². The van der Waals surface area contributed by atoms with Gasteiger partial charge in [-0.1, -0.05) is 12.1 Å². The van der Waals surface area contributed by atoms with Gasteiger partial charge in [-0.25, -0.2) is 0 Å². The fraction of sp³-hybridized carbons (Fsp3) is 0.529. The summed E-state index contributed by atoms with van der Waals surface area (Å²) >= 11 is 0. The molecule has 23 heavy (non-hydrogen) atoms. The standard InChI is InChI=1S/C17H26BNO4/c1-16(2)17(3,4)23-18(22-16)14(10-19)9-13-8-12(11-20)6-7-15(13)21-5/h6-9,20H,10-11,19H2,1-5H3. The molecule has 126 valence electrons. The fourth-order valence-electron chi connectivity index (χ4n) is 2.41. The number of rotatable bonds is 5. The van der Waals surface area contributed by atoms with Crippen LogP contribution in [0.5, 0.6) is 5.75 Å². The molecule has 0 spiro atoms. The van der Waals surface area contributed by atoms with Crippen molar-refractivity contribution in [1.29, 1.82) is 0 Å². The Kier molecular flexibility index (Phi) is 5.21. The molecule has 1 aliphatic heterocycles. The van der Waals surface area contributed by atoms with E-state index in [2.05, 4.69) is 0 Å². The van der Waals surface area contributed by atoms with E-state index in [1.54, 1.807) is 7.11 Å². The third-order valence-corrected chi connectivity index (χ3v) is 4.61. The molecular weight excluding hydrogens is 293 g/mol. The first kappa shape index (κ1) is 18.0. The second-order valence-electron chi connectivity index (χ2n) is 6.75. The average molecular weight is 319 g/mol. The van der Waals surface area contributed by atoms with Gasteiger partial charge in [0.2, 0.25) is 0 Å². The van der Waals surface area contributed by atoms with E-state index >= 15 is 0 Å². The summed E-state index contributed by atoms with van der Waals surface area (Å²) in [6, 6.07) is 5.53. The third kappa shape index (κ3) is 3.61. The highest BCUT2D eigenvalue weighted by atomic mass is 16.7. The summed E-state index contributed by atoms with van der Waals surface area (Å²) in [5.74, 6) is 0.713. The van der Waals surface area contributed by atoms with E-state index < -0.39 is 18.3 Å². The quantitative estimate of drug-likeness (QED) is 0.814. The van der Waals surface area contributed by atoms with Gasteiger partial charge in [0.15, 0.2) is 0 Å². The van der Waals surface area contributed by atoms with E-state index in [1.807, 2.05) is 52.0 Å². The van der Waals surface area contributed by atoms with E-state index in [0.717, 1.165) is 16.6 Å². The Hall–Kier alpha value is -1.34. The average Bonchev–Trinajstić information content (AvgIpc) is 2.72. The molecule has 1 heterocycles. The third-order valence-electron chi connectivity index (χ3n) is 4.61. The molecule has 0 atom stereocenters. The summed E-state index contributed by atoms with van der Waals surface area (Å²) < 4.78 is 17.5. The molecular formula is C17H26BNO4. The molecule has 0 bridgehead atoms. The first-order valence-electron chi connectivity index (χ1n) is 7.78. The topological polar surface area (TPSA) is 73.9 Å². The van der Waals surface area contributed by atoms with Gasteiger partial charge in [0.25, 0.3) is 0 Å². The zero-order valence-corrected chi connectivity index (χ0v) is 14.6. The lowest BCUT2D eigenvalue weighted by atomic mass is 9.77. The summed E-state index contributed by atoms with van der Waals surface area (Å²) in [4.78, 5) is 0. The van der Waals surface area contributed by atoms with E-state index in [4.69, 9.17) is 19.8 Å². The Bertz CT molecular complexity index is 582. The van der Waals surface area contributed by atoms with Crippen molar-refractivity contribution in [2.45, 2.75) is 45.5 Å². The minimum absolute atomic E-state index is 0.0285. The van der Waals surface area contributed by atoms with Crippen LogP contribution in [0.4, 0.5) is 0 Å². The van der Waals surface area contributed by atoms with Crippen LogP contribution in [0.3, 0.4) is 0 Å². The van der Waals surface area contributed by atoms with Gasteiger partial charge in [0.05, 0.1) is 24.9 Å². The van der Waals surface area contributed by atoms with Gasteiger partial charge in [-0.05, 0) is 50.9 Å². The molecule has 0 aromatic heterocycles. The molecule has 1 aliphatic rings. The van der Waals surface area contributed by atoms with Crippen molar-refractivity contribution in [2.75, 3.05) is 13.7 Å². The number of aliphatic hydroxyl groups excluding tert-OH is 1. The number of aliphatic hydroxyl groups is 1. The van der Waals surface area contributed by atoms with Crippen LogP contribution in [0.2, 0.25) is 0 Å². The molecule has 0 radical (unpaired) electrons. The van der Waals surface area contributed by atoms with Crippen molar-refractivity contribution >= 4 is 13.2 Å². The summed E-state index contributed by atoms with van der Waals surface area (Å²) in [6.45, 7) is 8.31. The van der Waals surface area contributed by atoms with Crippen LogP contribution in [-0.4, -0.2) is 37.1 Å². The molecule has 6 heteroatoms. The molecule has 1 saturated heterocycles. The number of benzene rings is 1. The van der Waals surface area contributed by atoms with Gasteiger partial charge in [-0.2, -0.15) is 0 Å². The van der Waals surface area contributed by atoms with Crippen molar-refractivity contribution in [2.24, 2.45) is 5.73 Å². The smallest absolute Gasteiger partial charge is 0.491 e. The highest BCUT2D eigenvalue weighted by Gasteiger charge is 2.52. The molecule has 5 nitrogen and oxygen atoms in total. The zero-order chi connectivity index (χ0) is 17.3.